The van der Waals surface area contributed by atoms with E-state index in [2.05, 4.69) is 15.8 Å². The van der Waals surface area contributed by atoms with E-state index in [1.165, 1.54) is 6.92 Å². The van der Waals surface area contributed by atoms with Crippen molar-refractivity contribution >= 4 is 23.7 Å². The highest BCUT2D eigenvalue weighted by molar-refractivity contribution is 5.97. The van der Waals surface area contributed by atoms with E-state index >= 15 is 0 Å². The van der Waals surface area contributed by atoms with E-state index in [9.17, 15) is 9.59 Å². The van der Waals surface area contributed by atoms with Crippen LogP contribution in [0.5, 0.6) is 5.75 Å². The predicted octanol–water partition coefficient (Wildman–Crippen LogP) is 3.99. The lowest BCUT2D eigenvalue weighted by atomic mass is 10.2. The highest BCUT2D eigenvalue weighted by atomic mass is 16.5. The van der Waals surface area contributed by atoms with Gasteiger partial charge in [-0.1, -0.05) is 36.4 Å². The van der Waals surface area contributed by atoms with E-state index in [1.807, 2.05) is 54.6 Å². The van der Waals surface area contributed by atoms with E-state index in [1.54, 1.807) is 30.5 Å². The van der Waals surface area contributed by atoms with Crippen molar-refractivity contribution in [3.63, 3.8) is 0 Å². The second-order valence-electron chi connectivity index (χ2n) is 6.30. The predicted molar refractivity (Wildman–Crippen MR) is 113 cm³/mol. The topological polar surface area (TPSA) is 79.8 Å². The third-order valence-corrected chi connectivity index (χ3v) is 3.95. The van der Waals surface area contributed by atoms with Gasteiger partial charge in [-0.15, -0.1) is 0 Å². The lowest BCUT2D eigenvalue weighted by Gasteiger charge is -2.06. The molecule has 3 rings (SSSR count). The van der Waals surface area contributed by atoms with Crippen molar-refractivity contribution in [1.29, 1.82) is 0 Å². The Morgan fingerprint density at radius 2 is 1.72 bits per heavy atom. The summed E-state index contributed by atoms with van der Waals surface area (Å²) < 4.78 is 5.74. The minimum absolute atomic E-state index is 0.197. The van der Waals surface area contributed by atoms with E-state index in [4.69, 9.17) is 4.74 Å². The van der Waals surface area contributed by atoms with Gasteiger partial charge in [-0.05, 0) is 53.6 Å². The Morgan fingerprint density at radius 3 is 2.45 bits per heavy atom. The summed E-state index contributed by atoms with van der Waals surface area (Å²) in [6, 6.07) is 24.0. The fourth-order valence-electron chi connectivity index (χ4n) is 2.56. The average Bonchev–Trinajstić information content (AvgIpc) is 2.73. The van der Waals surface area contributed by atoms with Gasteiger partial charge in [0.15, 0.2) is 0 Å². The molecule has 29 heavy (non-hydrogen) atoms. The zero-order chi connectivity index (χ0) is 20.5. The summed E-state index contributed by atoms with van der Waals surface area (Å²) in [7, 11) is 0. The Kier molecular flexibility index (Phi) is 6.73. The monoisotopic (exact) mass is 387 g/mol. The van der Waals surface area contributed by atoms with Gasteiger partial charge in [0.1, 0.15) is 12.4 Å². The molecule has 0 aliphatic rings. The highest BCUT2D eigenvalue weighted by Gasteiger charge is 2.05. The van der Waals surface area contributed by atoms with Gasteiger partial charge in [0.25, 0.3) is 5.91 Å². The first-order chi connectivity index (χ1) is 14.1. The van der Waals surface area contributed by atoms with Crippen LogP contribution < -0.4 is 15.5 Å². The van der Waals surface area contributed by atoms with Gasteiger partial charge in [-0.25, -0.2) is 5.43 Å². The van der Waals surface area contributed by atoms with Gasteiger partial charge in [0, 0.05) is 18.2 Å². The molecular formula is C23H21N3O3. The SMILES string of the molecule is CC(=O)Nc1cccc(C(=O)N/N=C/c2ccc(OCc3ccccc3)cc2)c1. The van der Waals surface area contributed by atoms with Crippen LogP contribution in [0.25, 0.3) is 0 Å². The van der Waals surface area contributed by atoms with Gasteiger partial charge in [-0.2, -0.15) is 5.10 Å². The fraction of sp³-hybridized carbons (Fsp3) is 0.0870. The maximum Gasteiger partial charge on any atom is 0.271 e. The van der Waals surface area contributed by atoms with Crippen LogP contribution in [0.3, 0.4) is 0 Å². The molecule has 0 aromatic heterocycles. The molecule has 0 bridgehead atoms. The molecule has 0 radical (unpaired) electrons. The summed E-state index contributed by atoms with van der Waals surface area (Å²) in [6.45, 7) is 1.91. The van der Waals surface area contributed by atoms with Crippen LogP contribution in [0.1, 0.15) is 28.4 Å². The Hall–Kier alpha value is -3.93. The lowest BCUT2D eigenvalue weighted by molar-refractivity contribution is -0.114. The summed E-state index contributed by atoms with van der Waals surface area (Å²) in [5.41, 5.74) is 5.36. The number of anilines is 1. The number of nitrogens with zero attached hydrogens (tertiary/aromatic N) is 1. The second kappa shape index (κ2) is 9.85. The first kappa shape index (κ1) is 19.8. The molecule has 0 aliphatic heterocycles. The maximum atomic E-state index is 12.2. The molecule has 0 fully saturated rings. The summed E-state index contributed by atoms with van der Waals surface area (Å²) in [6.07, 6.45) is 1.55. The Balaban J connectivity index is 1.52. The molecule has 3 aromatic rings. The highest BCUT2D eigenvalue weighted by Crippen LogP contribution is 2.14. The minimum Gasteiger partial charge on any atom is -0.489 e. The molecule has 3 aromatic carbocycles. The normalized spacial score (nSPS) is 10.5. The Morgan fingerprint density at radius 1 is 0.966 bits per heavy atom. The number of carbonyl (C=O) groups is 2. The molecule has 0 saturated carbocycles. The maximum absolute atomic E-state index is 12.2. The van der Waals surface area contributed by atoms with Crippen molar-refractivity contribution in [2.24, 2.45) is 5.10 Å². The molecular weight excluding hydrogens is 366 g/mol. The number of ether oxygens (including phenoxy) is 1. The number of carbonyl (C=O) groups excluding carboxylic acids is 2. The quantitative estimate of drug-likeness (QED) is 0.475. The number of hydrogen-bond acceptors (Lipinski definition) is 4. The van der Waals surface area contributed by atoms with Crippen molar-refractivity contribution in [3.05, 3.63) is 95.6 Å². The number of nitrogens with one attached hydrogen (secondary N) is 2. The smallest absolute Gasteiger partial charge is 0.271 e. The van der Waals surface area contributed by atoms with Crippen LogP contribution in [0.15, 0.2) is 84.0 Å². The third kappa shape index (κ3) is 6.32. The number of benzene rings is 3. The Bertz CT molecular complexity index is 999. The summed E-state index contributed by atoms with van der Waals surface area (Å²) in [5.74, 6) is 0.192. The first-order valence-corrected chi connectivity index (χ1v) is 9.08. The van der Waals surface area contributed by atoms with Crippen molar-refractivity contribution in [3.8, 4) is 5.75 Å². The molecule has 2 amide bonds. The molecule has 0 saturated heterocycles. The van der Waals surface area contributed by atoms with E-state index in [0.717, 1.165) is 16.9 Å². The fourth-order valence-corrected chi connectivity index (χ4v) is 2.56. The number of hydrazone groups is 1. The van der Waals surface area contributed by atoms with Gasteiger partial charge in [-0.3, -0.25) is 9.59 Å². The molecule has 0 aliphatic carbocycles. The molecule has 146 valence electrons. The minimum atomic E-state index is -0.365. The molecule has 0 atom stereocenters. The van der Waals surface area contributed by atoms with Crippen LogP contribution in [-0.2, 0) is 11.4 Å². The van der Waals surface area contributed by atoms with Gasteiger partial charge < -0.3 is 10.1 Å². The summed E-state index contributed by atoms with van der Waals surface area (Å²) >= 11 is 0. The third-order valence-electron chi connectivity index (χ3n) is 3.95. The summed E-state index contributed by atoms with van der Waals surface area (Å²) in [5, 5.41) is 6.62. The molecule has 6 heteroatoms. The van der Waals surface area contributed by atoms with Crippen LogP contribution in [0.4, 0.5) is 5.69 Å². The first-order valence-electron chi connectivity index (χ1n) is 9.08. The van der Waals surface area contributed by atoms with Gasteiger partial charge in [0.05, 0.1) is 6.21 Å². The van der Waals surface area contributed by atoms with Crippen LogP contribution in [0.2, 0.25) is 0 Å². The zero-order valence-corrected chi connectivity index (χ0v) is 16.0. The van der Waals surface area contributed by atoms with E-state index < -0.39 is 0 Å². The van der Waals surface area contributed by atoms with Crippen LogP contribution in [-0.4, -0.2) is 18.0 Å². The number of hydrogen-bond donors (Lipinski definition) is 2. The van der Waals surface area contributed by atoms with Crippen LogP contribution in [0, 0.1) is 0 Å². The van der Waals surface area contributed by atoms with E-state index in [0.29, 0.717) is 17.9 Å². The number of rotatable bonds is 7. The molecule has 0 unspecified atom stereocenters. The average molecular weight is 387 g/mol. The summed E-state index contributed by atoms with van der Waals surface area (Å²) in [4.78, 5) is 23.3. The Labute approximate surface area is 169 Å². The zero-order valence-electron chi connectivity index (χ0n) is 16.0. The van der Waals surface area contributed by atoms with Crippen molar-refractivity contribution < 1.29 is 14.3 Å². The van der Waals surface area contributed by atoms with E-state index in [-0.39, 0.29) is 11.8 Å². The van der Waals surface area contributed by atoms with Gasteiger partial charge in [0.2, 0.25) is 5.91 Å². The standard InChI is InChI=1S/C23H21N3O3/c1-17(27)25-21-9-5-8-20(14-21)23(28)26-24-15-18-10-12-22(13-11-18)29-16-19-6-3-2-4-7-19/h2-15H,16H2,1H3,(H,25,27)(H,26,28)/b24-15+. The molecule has 6 nitrogen and oxygen atoms in total. The number of amides is 2. The lowest BCUT2D eigenvalue weighted by Crippen LogP contribution is -2.18. The molecule has 2 N–H and O–H groups in total. The van der Waals surface area contributed by atoms with Crippen molar-refractivity contribution in [1.82, 2.24) is 5.43 Å². The second-order valence-corrected chi connectivity index (χ2v) is 6.30. The van der Waals surface area contributed by atoms with Crippen molar-refractivity contribution in [2.45, 2.75) is 13.5 Å². The van der Waals surface area contributed by atoms with Crippen LogP contribution >= 0.6 is 0 Å². The molecule has 0 spiro atoms. The molecule has 0 heterocycles. The largest absolute Gasteiger partial charge is 0.489 e. The van der Waals surface area contributed by atoms with Crippen molar-refractivity contribution in [2.75, 3.05) is 5.32 Å². The van der Waals surface area contributed by atoms with Gasteiger partial charge >= 0.3 is 0 Å².